The van der Waals surface area contributed by atoms with Gasteiger partial charge in [0, 0.05) is 24.3 Å². The van der Waals surface area contributed by atoms with E-state index in [2.05, 4.69) is 9.68 Å². The molecule has 0 aliphatic carbocycles. The lowest BCUT2D eigenvalue weighted by Crippen LogP contribution is -2.38. The Morgan fingerprint density at radius 2 is 1.33 bits per heavy atom. The highest BCUT2D eigenvalue weighted by Crippen LogP contribution is 2.20. The van der Waals surface area contributed by atoms with Gasteiger partial charge in [0.2, 0.25) is 23.5 Å². The molecule has 2 rings (SSSR count). The third kappa shape index (κ3) is 3.70. The van der Waals surface area contributed by atoms with Crippen molar-refractivity contribution in [2.24, 2.45) is 5.73 Å². The molecule has 0 radical (unpaired) electrons. The molecule has 2 aromatic heterocycles. The van der Waals surface area contributed by atoms with Crippen LogP contribution in [0.2, 0.25) is 0 Å². The van der Waals surface area contributed by atoms with Crippen LogP contribution >= 0.6 is 0 Å². The van der Waals surface area contributed by atoms with Crippen LogP contribution in [0.5, 0.6) is 23.5 Å². The lowest BCUT2D eigenvalue weighted by Gasteiger charge is -2.12. The topological polar surface area (TPSA) is 169 Å². The summed E-state index contributed by atoms with van der Waals surface area (Å²) in [5.41, 5.74) is 5.55. The van der Waals surface area contributed by atoms with Gasteiger partial charge in [-0.1, -0.05) is 0 Å². The van der Waals surface area contributed by atoms with Crippen molar-refractivity contribution in [2.75, 3.05) is 0 Å². The molecule has 11 heteroatoms. The minimum Gasteiger partial charge on any atom is -0.492 e. The fourth-order valence-corrected chi connectivity index (χ4v) is 1.69. The third-order valence-electron chi connectivity index (χ3n) is 2.93. The van der Waals surface area contributed by atoms with E-state index in [9.17, 15) is 30.0 Å². The molecule has 0 amide bonds. The molecule has 0 spiro atoms. The Morgan fingerprint density at radius 1 is 0.917 bits per heavy atom. The minimum atomic E-state index is -1.24. The van der Waals surface area contributed by atoms with Crippen LogP contribution in [0.25, 0.3) is 0 Å². The maximum Gasteiger partial charge on any atom is 0.349 e. The first-order valence-corrected chi connectivity index (χ1v) is 6.68. The van der Waals surface area contributed by atoms with Crippen LogP contribution in [-0.2, 0) is 9.59 Å². The van der Waals surface area contributed by atoms with Crippen molar-refractivity contribution in [1.29, 1.82) is 0 Å². The van der Waals surface area contributed by atoms with E-state index in [0.717, 1.165) is 24.3 Å². The summed E-state index contributed by atoms with van der Waals surface area (Å²) in [4.78, 5) is 32.7. The molecule has 2 aromatic rings. The molecule has 0 saturated carbocycles. The highest BCUT2D eigenvalue weighted by atomic mass is 16.7. The van der Waals surface area contributed by atoms with Gasteiger partial charge in [-0.25, -0.2) is 9.59 Å². The van der Waals surface area contributed by atoms with Crippen molar-refractivity contribution < 1.29 is 39.7 Å². The van der Waals surface area contributed by atoms with Crippen LogP contribution in [0.4, 0.5) is 0 Å². The van der Waals surface area contributed by atoms with E-state index >= 15 is 0 Å². The highest BCUT2D eigenvalue weighted by Gasteiger charge is 2.21. The zero-order valence-electron chi connectivity index (χ0n) is 12.2. The molecule has 11 nitrogen and oxygen atoms in total. The number of rotatable bonds is 6. The molecule has 24 heavy (non-hydrogen) atoms. The van der Waals surface area contributed by atoms with Gasteiger partial charge >= 0.3 is 11.9 Å². The second-order valence-corrected chi connectivity index (χ2v) is 4.71. The summed E-state index contributed by atoms with van der Waals surface area (Å²) in [7, 11) is 0. The number of aromatic nitrogens is 2. The maximum absolute atomic E-state index is 11.7. The monoisotopic (exact) mass is 341 g/mol. The Bertz CT molecular complexity index is 711. The molecule has 2 heterocycles. The Morgan fingerprint density at radius 3 is 1.79 bits per heavy atom. The average molecular weight is 341 g/mol. The van der Waals surface area contributed by atoms with Crippen molar-refractivity contribution in [3.8, 4) is 23.5 Å². The zero-order chi connectivity index (χ0) is 17.9. The molecule has 0 aliphatic rings. The van der Waals surface area contributed by atoms with Gasteiger partial charge in [-0.15, -0.1) is 9.46 Å². The molecule has 0 unspecified atom stereocenters. The number of aromatic hydroxyl groups is 4. The van der Waals surface area contributed by atoms with E-state index in [4.69, 9.17) is 5.73 Å². The lowest BCUT2D eigenvalue weighted by atomic mass is 10.2. The number of carbonyl (C=O) groups excluding carboxylic acids is 2. The molecule has 0 aromatic carbocycles. The maximum atomic E-state index is 11.7. The van der Waals surface area contributed by atoms with Crippen LogP contribution in [0.1, 0.15) is 12.8 Å². The Balaban J connectivity index is 1.85. The van der Waals surface area contributed by atoms with Crippen LogP contribution in [0.15, 0.2) is 24.3 Å². The molecule has 1 atom stereocenters. The number of nitrogens with zero attached hydrogens (tertiary/aromatic N) is 2. The molecule has 0 fully saturated rings. The Kier molecular flexibility index (Phi) is 4.84. The Labute approximate surface area is 134 Å². The van der Waals surface area contributed by atoms with Crippen LogP contribution in [0, 0.1) is 0 Å². The Hall–Kier alpha value is -3.34. The molecule has 0 bridgehead atoms. The van der Waals surface area contributed by atoms with Crippen molar-refractivity contribution in [2.45, 2.75) is 18.9 Å². The summed E-state index contributed by atoms with van der Waals surface area (Å²) < 4.78 is 0.971. The molecule has 0 aliphatic heterocycles. The van der Waals surface area contributed by atoms with E-state index in [0.29, 0.717) is 9.46 Å². The quantitative estimate of drug-likeness (QED) is 0.434. The summed E-state index contributed by atoms with van der Waals surface area (Å²) in [6, 6.07) is 3.18. The number of hydrogen-bond donors (Lipinski definition) is 5. The summed E-state index contributed by atoms with van der Waals surface area (Å²) >= 11 is 0. The van der Waals surface area contributed by atoms with Crippen LogP contribution in [-0.4, -0.2) is 47.9 Å². The van der Waals surface area contributed by atoms with Crippen molar-refractivity contribution in [1.82, 2.24) is 9.46 Å². The van der Waals surface area contributed by atoms with Crippen LogP contribution < -0.4 is 15.4 Å². The fraction of sp³-hybridized carbons (Fsp3) is 0.231. The number of nitrogens with two attached hydrogens (primary N) is 1. The van der Waals surface area contributed by atoms with E-state index < -0.39 is 41.5 Å². The molecule has 6 N–H and O–H groups in total. The van der Waals surface area contributed by atoms with Gasteiger partial charge in [0.25, 0.3) is 0 Å². The predicted molar refractivity (Wildman–Crippen MR) is 75.9 cm³/mol. The zero-order valence-corrected chi connectivity index (χ0v) is 12.2. The van der Waals surface area contributed by atoms with E-state index in [1.165, 1.54) is 0 Å². The average Bonchev–Trinajstić information content (AvgIpc) is 3.02. The third-order valence-corrected chi connectivity index (χ3v) is 2.93. The van der Waals surface area contributed by atoms with Gasteiger partial charge in [-0.2, -0.15) is 0 Å². The second-order valence-electron chi connectivity index (χ2n) is 4.71. The summed E-state index contributed by atoms with van der Waals surface area (Å²) in [6.45, 7) is 0. The van der Waals surface area contributed by atoms with Crippen LogP contribution in [0.3, 0.4) is 0 Å². The fourth-order valence-electron chi connectivity index (χ4n) is 1.69. The largest absolute Gasteiger partial charge is 0.492 e. The van der Waals surface area contributed by atoms with E-state index in [1.54, 1.807) is 0 Å². The first-order valence-electron chi connectivity index (χ1n) is 6.68. The first-order chi connectivity index (χ1) is 11.3. The van der Waals surface area contributed by atoms with Gasteiger partial charge in [-0.05, 0) is 6.42 Å². The predicted octanol–water partition coefficient (Wildman–Crippen LogP) is -1.17. The molecular weight excluding hydrogens is 326 g/mol. The van der Waals surface area contributed by atoms with Gasteiger partial charge < -0.3 is 35.8 Å². The minimum absolute atomic E-state index is 0.177. The first kappa shape index (κ1) is 17.0. The molecule has 0 saturated heterocycles. The summed E-state index contributed by atoms with van der Waals surface area (Å²) in [6.07, 6.45) is -0.500. The molecule has 130 valence electrons. The SMILES string of the molecule is N[C@@H](CCC(=O)On1c(O)ccc1O)C(=O)On1c(O)ccc1O. The van der Waals surface area contributed by atoms with E-state index in [1.807, 2.05) is 0 Å². The second kappa shape index (κ2) is 6.83. The summed E-state index contributed by atoms with van der Waals surface area (Å²) in [5, 5.41) is 37.3. The highest BCUT2D eigenvalue weighted by molar-refractivity contribution is 5.77. The van der Waals surface area contributed by atoms with Gasteiger partial charge in [-0.3, -0.25) is 0 Å². The summed E-state index contributed by atoms with van der Waals surface area (Å²) in [5.74, 6) is -3.86. The van der Waals surface area contributed by atoms with Gasteiger partial charge in [0.15, 0.2) is 0 Å². The van der Waals surface area contributed by atoms with E-state index in [-0.39, 0.29) is 12.8 Å². The van der Waals surface area contributed by atoms with Crippen molar-refractivity contribution >= 4 is 11.9 Å². The van der Waals surface area contributed by atoms with Crippen molar-refractivity contribution in [3.05, 3.63) is 24.3 Å². The number of carbonyl (C=O) groups is 2. The van der Waals surface area contributed by atoms with Crippen molar-refractivity contribution in [3.63, 3.8) is 0 Å². The lowest BCUT2D eigenvalue weighted by molar-refractivity contribution is -0.148. The number of hydrogen-bond acceptors (Lipinski definition) is 9. The van der Waals surface area contributed by atoms with Gasteiger partial charge in [0.1, 0.15) is 6.04 Å². The standard InChI is InChI=1S/C13H15N3O8/c14-7(13(22)24-16-10(19)4-5-11(16)20)1-6-12(21)23-15-8(17)2-3-9(15)18/h2-5,7,17-20H,1,6,14H2/t7-/m0/s1. The normalized spacial score (nSPS) is 11.9. The van der Waals surface area contributed by atoms with Gasteiger partial charge in [0.05, 0.1) is 6.42 Å². The smallest absolute Gasteiger partial charge is 0.349 e. The molecular formula is C13H15N3O8.